The van der Waals surface area contributed by atoms with Crippen molar-refractivity contribution in [1.29, 1.82) is 0 Å². The van der Waals surface area contributed by atoms with E-state index in [-0.39, 0.29) is 0 Å². The Labute approximate surface area is 122 Å². The molecule has 1 nitrogen and oxygen atoms in total. The van der Waals surface area contributed by atoms with Crippen molar-refractivity contribution in [2.45, 2.75) is 47.5 Å². The average molecular weight is 265 g/mol. The third-order valence-corrected chi connectivity index (χ3v) is 2.06. The number of hydrogen-bond acceptors (Lipinski definition) is 1. The highest BCUT2D eigenvalue weighted by Crippen LogP contribution is 2.17. The molecule has 0 fully saturated rings. The summed E-state index contributed by atoms with van der Waals surface area (Å²) in [6, 6.07) is 0. The molecule has 0 aliphatic rings. The smallest absolute Gasteiger partial charge is 0.0230 e. The summed E-state index contributed by atoms with van der Waals surface area (Å²) in [7, 11) is 4.16. The summed E-state index contributed by atoms with van der Waals surface area (Å²) in [5.41, 5.74) is 2.69. The Morgan fingerprint density at radius 1 is 0.895 bits per heavy atom. The first-order valence-corrected chi connectivity index (χ1v) is 7.44. The van der Waals surface area contributed by atoms with Gasteiger partial charge in [0.1, 0.15) is 0 Å². The molecule has 0 amide bonds. The SMILES string of the molecule is C=C/C=C(CCC)\C(=C/C=C)CN(C)C.CC.CC. The fourth-order valence-corrected chi connectivity index (χ4v) is 1.51. The van der Waals surface area contributed by atoms with Crippen molar-refractivity contribution in [3.05, 3.63) is 48.6 Å². The molecule has 0 radical (unpaired) electrons. The van der Waals surface area contributed by atoms with Crippen molar-refractivity contribution in [3.63, 3.8) is 0 Å². The molecule has 0 bridgehead atoms. The zero-order valence-corrected chi connectivity index (χ0v) is 14.3. The van der Waals surface area contributed by atoms with Gasteiger partial charge in [0.05, 0.1) is 0 Å². The van der Waals surface area contributed by atoms with Gasteiger partial charge in [-0.3, -0.25) is 0 Å². The molecule has 0 aromatic heterocycles. The third kappa shape index (κ3) is 14.9. The minimum atomic E-state index is 0.950. The van der Waals surface area contributed by atoms with E-state index in [9.17, 15) is 0 Å². The number of rotatable bonds is 7. The average Bonchev–Trinajstić information content (AvgIpc) is 2.42. The van der Waals surface area contributed by atoms with Crippen molar-refractivity contribution in [2.24, 2.45) is 0 Å². The molecule has 0 aromatic rings. The molecule has 1 heteroatoms. The minimum Gasteiger partial charge on any atom is -0.305 e. The molecule has 0 aromatic carbocycles. The van der Waals surface area contributed by atoms with Crippen LogP contribution in [0, 0.1) is 0 Å². The van der Waals surface area contributed by atoms with Crippen LogP contribution in [0.2, 0.25) is 0 Å². The predicted octanol–water partition coefficient (Wildman–Crippen LogP) is 5.63. The lowest BCUT2D eigenvalue weighted by Gasteiger charge is -2.15. The zero-order chi connectivity index (χ0) is 15.7. The van der Waals surface area contributed by atoms with Gasteiger partial charge in [-0.2, -0.15) is 0 Å². The summed E-state index contributed by atoms with van der Waals surface area (Å²) in [5, 5.41) is 0. The second kappa shape index (κ2) is 19.3. The Kier molecular flexibility index (Phi) is 23.4. The minimum absolute atomic E-state index is 0.950. The zero-order valence-electron chi connectivity index (χ0n) is 14.3. The molecule has 0 aliphatic carbocycles. The number of hydrogen-bond donors (Lipinski definition) is 0. The van der Waals surface area contributed by atoms with Crippen LogP contribution in [0.3, 0.4) is 0 Å². The quantitative estimate of drug-likeness (QED) is 0.540. The Hall–Kier alpha value is -1.08. The van der Waals surface area contributed by atoms with Crippen LogP contribution in [0.4, 0.5) is 0 Å². The summed E-state index contributed by atoms with van der Waals surface area (Å²) in [5.74, 6) is 0. The number of nitrogens with zero attached hydrogens (tertiary/aromatic N) is 1. The first-order valence-electron chi connectivity index (χ1n) is 7.44. The fraction of sp³-hybridized carbons (Fsp3) is 0.556. The van der Waals surface area contributed by atoms with Gasteiger partial charge in [-0.25, -0.2) is 0 Å². The van der Waals surface area contributed by atoms with Crippen molar-refractivity contribution in [2.75, 3.05) is 20.6 Å². The largest absolute Gasteiger partial charge is 0.305 e. The van der Waals surface area contributed by atoms with Gasteiger partial charge in [0, 0.05) is 6.54 Å². The Balaban J connectivity index is -0.000000579. The highest BCUT2D eigenvalue weighted by atomic mass is 15.0. The third-order valence-electron chi connectivity index (χ3n) is 2.06. The van der Waals surface area contributed by atoms with Gasteiger partial charge in [0.2, 0.25) is 0 Å². The molecule has 0 saturated carbocycles. The van der Waals surface area contributed by atoms with E-state index < -0.39 is 0 Å². The molecular formula is C18H35N. The molecule has 0 heterocycles. The molecule has 0 unspecified atom stereocenters. The molecular weight excluding hydrogens is 230 g/mol. The van der Waals surface area contributed by atoms with E-state index in [2.05, 4.69) is 51.2 Å². The van der Waals surface area contributed by atoms with Gasteiger partial charge in [-0.05, 0) is 31.7 Å². The first-order chi connectivity index (χ1) is 9.15. The molecule has 0 atom stereocenters. The monoisotopic (exact) mass is 265 g/mol. The Bertz CT molecular complexity index is 257. The molecule has 0 rings (SSSR count). The van der Waals surface area contributed by atoms with Gasteiger partial charge in [-0.1, -0.05) is 78.5 Å². The van der Waals surface area contributed by atoms with Crippen LogP contribution in [0.15, 0.2) is 48.6 Å². The second-order valence-electron chi connectivity index (χ2n) is 3.84. The van der Waals surface area contributed by atoms with Crippen LogP contribution in [-0.2, 0) is 0 Å². The maximum absolute atomic E-state index is 3.76. The molecule has 19 heavy (non-hydrogen) atoms. The van der Waals surface area contributed by atoms with Crippen LogP contribution in [0.1, 0.15) is 47.5 Å². The van der Waals surface area contributed by atoms with E-state index in [4.69, 9.17) is 0 Å². The van der Waals surface area contributed by atoms with Crippen LogP contribution >= 0.6 is 0 Å². The molecule has 0 saturated heterocycles. The normalized spacial score (nSPS) is 10.9. The van der Waals surface area contributed by atoms with Crippen LogP contribution in [-0.4, -0.2) is 25.5 Å². The molecule has 112 valence electrons. The number of allylic oxidation sites excluding steroid dienone is 4. The summed E-state index contributed by atoms with van der Waals surface area (Å²) < 4.78 is 0. The standard InChI is InChI=1S/C14H23N.2C2H6/c1-6-9-13(10-7-2)14(11-8-3)12-15(4)5;2*1-2/h6,8-9,11H,1,3,7,10,12H2,2,4-5H3;2*1-2H3/b13-9-,14-11-;;. The molecule has 0 spiro atoms. The molecule has 0 aliphatic heterocycles. The van der Waals surface area contributed by atoms with E-state index in [1.54, 1.807) is 0 Å². The lowest BCUT2D eigenvalue weighted by Crippen LogP contribution is -2.16. The summed E-state index contributed by atoms with van der Waals surface area (Å²) >= 11 is 0. The maximum atomic E-state index is 3.76. The van der Waals surface area contributed by atoms with E-state index in [1.165, 1.54) is 11.1 Å². The summed E-state index contributed by atoms with van der Waals surface area (Å²) in [6.07, 6.45) is 10.2. The highest BCUT2D eigenvalue weighted by Gasteiger charge is 2.04. The Morgan fingerprint density at radius 3 is 1.63 bits per heavy atom. The lowest BCUT2D eigenvalue weighted by atomic mass is 10.00. The molecule has 0 N–H and O–H groups in total. The first kappa shape index (κ1) is 23.0. The van der Waals surface area contributed by atoms with E-state index in [1.807, 2.05) is 39.8 Å². The van der Waals surface area contributed by atoms with Crippen molar-refractivity contribution in [3.8, 4) is 0 Å². The van der Waals surface area contributed by atoms with Gasteiger partial charge < -0.3 is 4.90 Å². The van der Waals surface area contributed by atoms with Gasteiger partial charge in [0.25, 0.3) is 0 Å². The van der Waals surface area contributed by atoms with Crippen molar-refractivity contribution in [1.82, 2.24) is 4.90 Å². The van der Waals surface area contributed by atoms with E-state index in [0.29, 0.717) is 0 Å². The summed E-state index contributed by atoms with van der Waals surface area (Å²) in [6.45, 7) is 18.7. The number of likely N-dealkylation sites (N-methyl/N-ethyl adjacent to an activating group) is 1. The van der Waals surface area contributed by atoms with Crippen LogP contribution < -0.4 is 0 Å². The predicted molar refractivity (Wildman–Crippen MR) is 92.7 cm³/mol. The van der Waals surface area contributed by atoms with Crippen molar-refractivity contribution < 1.29 is 0 Å². The highest BCUT2D eigenvalue weighted by molar-refractivity contribution is 5.36. The Morgan fingerprint density at radius 2 is 1.32 bits per heavy atom. The second-order valence-corrected chi connectivity index (χ2v) is 3.84. The van der Waals surface area contributed by atoms with Gasteiger partial charge in [0.15, 0.2) is 0 Å². The fourth-order valence-electron chi connectivity index (χ4n) is 1.51. The van der Waals surface area contributed by atoms with Gasteiger partial charge >= 0.3 is 0 Å². The van der Waals surface area contributed by atoms with Gasteiger partial charge in [-0.15, -0.1) is 0 Å². The van der Waals surface area contributed by atoms with E-state index in [0.717, 1.165) is 19.4 Å². The summed E-state index contributed by atoms with van der Waals surface area (Å²) in [4.78, 5) is 2.17. The topological polar surface area (TPSA) is 3.24 Å². The lowest BCUT2D eigenvalue weighted by molar-refractivity contribution is 0.446. The van der Waals surface area contributed by atoms with Crippen LogP contribution in [0.25, 0.3) is 0 Å². The van der Waals surface area contributed by atoms with Crippen LogP contribution in [0.5, 0.6) is 0 Å². The maximum Gasteiger partial charge on any atom is 0.0230 e. The van der Waals surface area contributed by atoms with Crippen molar-refractivity contribution >= 4 is 0 Å². The van der Waals surface area contributed by atoms with E-state index >= 15 is 0 Å².